The number of nitriles is 4. The number of hydrogen-bond donors (Lipinski definition) is 1. The molecule has 7 heteroatoms. The summed E-state index contributed by atoms with van der Waals surface area (Å²) in [5.74, 6) is -2.21. The Balaban J connectivity index is 4.62. The van der Waals surface area contributed by atoms with Gasteiger partial charge in [-0.3, -0.25) is 0 Å². The van der Waals surface area contributed by atoms with Crippen LogP contribution in [0, 0.1) is 57.2 Å². The van der Waals surface area contributed by atoms with Gasteiger partial charge < -0.3 is 10.0 Å². The van der Waals surface area contributed by atoms with Gasteiger partial charge in [0, 0.05) is 0 Å². The molecule has 0 heterocycles. The van der Waals surface area contributed by atoms with Crippen LogP contribution in [0.15, 0.2) is 0 Å². The lowest BCUT2D eigenvalue weighted by Gasteiger charge is -2.19. The van der Waals surface area contributed by atoms with Crippen LogP contribution in [-0.2, 0) is 0 Å². The molecule has 1 N–H and O–H groups in total. The van der Waals surface area contributed by atoms with Crippen LogP contribution >= 0.6 is 0 Å². The van der Waals surface area contributed by atoms with E-state index in [9.17, 15) is 4.79 Å². The molecular formula is C9H7N5O2. The van der Waals surface area contributed by atoms with Crippen molar-refractivity contribution in [2.45, 2.75) is 0 Å². The molecule has 0 aromatic rings. The minimum atomic E-state index is -1.37. The molecule has 7 nitrogen and oxygen atoms in total. The van der Waals surface area contributed by atoms with Gasteiger partial charge in [0.25, 0.3) is 0 Å². The number of rotatable bonds is 4. The summed E-state index contributed by atoms with van der Waals surface area (Å²) in [6.07, 6.45) is -1.37. The average molecular weight is 217 g/mol. The van der Waals surface area contributed by atoms with Crippen molar-refractivity contribution in [2.24, 2.45) is 11.8 Å². The van der Waals surface area contributed by atoms with Crippen LogP contribution in [0.3, 0.4) is 0 Å². The Morgan fingerprint density at radius 1 is 1.00 bits per heavy atom. The topological polar surface area (TPSA) is 136 Å². The van der Waals surface area contributed by atoms with Crippen molar-refractivity contribution in [2.75, 3.05) is 13.1 Å². The number of hydrogen-bond acceptors (Lipinski definition) is 5. The molecule has 0 unspecified atom stereocenters. The molecule has 0 aromatic heterocycles. The Hall–Kier alpha value is -2.77. The highest BCUT2D eigenvalue weighted by Crippen LogP contribution is 2.03. The number of amides is 1. The van der Waals surface area contributed by atoms with E-state index in [-0.39, 0.29) is 13.1 Å². The van der Waals surface area contributed by atoms with E-state index in [1.54, 1.807) is 24.3 Å². The van der Waals surface area contributed by atoms with Crippen LogP contribution < -0.4 is 0 Å². The molecule has 0 fully saturated rings. The minimum Gasteiger partial charge on any atom is -0.465 e. The second-order valence-electron chi connectivity index (χ2n) is 2.81. The second kappa shape index (κ2) is 6.65. The summed E-state index contributed by atoms with van der Waals surface area (Å²) in [5, 5.41) is 42.7. The molecule has 0 saturated heterocycles. The van der Waals surface area contributed by atoms with Crippen molar-refractivity contribution in [1.82, 2.24) is 4.90 Å². The zero-order valence-electron chi connectivity index (χ0n) is 8.16. The van der Waals surface area contributed by atoms with Gasteiger partial charge in [0.1, 0.15) is 0 Å². The fourth-order valence-corrected chi connectivity index (χ4v) is 0.893. The third-order valence-electron chi connectivity index (χ3n) is 1.70. The largest absolute Gasteiger partial charge is 0.465 e. The highest BCUT2D eigenvalue weighted by molar-refractivity contribution is 5.65. The first kappa shape index (κ1) is 13.2. The van der Waals surface area contributed by atoms with E-state index in [1.165, 1.54) is 0 Å². The van der Waals surface area contributed by atoms with Crippen molar-refractivity contribution in [1.29, 1.82) is 21.0 Å². The van der Waals surface area contributed by atoms with E-state index in [0.717, 1.165) is 0 Å². The third-order valence-corrected chi connectivity index (χ3v) is 1.70. The van der Waals surface area contributed by atoms with Crippen LogP contribution in [0.2, 0.25) is 0 Å². The summed E-state index contributed by atoms with van der Waals surface area (Å²) >= 11 is 0. The van der Waals surface area contributed by atoms with Crippen molar-refractivity contribution < 1.29 is 9.90 Å². The van der Waals surface area contributed by atoms with Crippen LogP contribution in [0.5, 0.6) is 0 Å². The smallest absolute Gasteiger partial charge is 0.407 e. The standard InChI is InChI=1S/C9H7N5O2/c10-1-7(2-11)5-14(9(15)16)6-8(3-12)4-13/h7-8H,5-6H2,(H,15,16). The highest BCUT2D eigenvalue weighted by Gasteiger charge is 2.21. The van der Waals surface area contributed by atoms with Gasteiger partial charge in [-0.2, -0.15) is 21.0 Å². The maximum Gasteiger partial charge on any atom is 0.407 e. The first-order chi connectivity index (χ1) is 7.58. The summed E-state index contributed by atoms with van der Waals surface area (Å²) in [6, 6.07) is 6.46. The van der Waals surface area contributed by atoms with Gasteiger partial charge in [-0.15, -0.1) is 0 Å². The van der Waals surface area contributed by atoms with Gasteiger partial charge in [-0.1, -0.05) is 0 Å². The Bertz CT molecular complexity index is 357. The summed E-state index contributed by atoms with van der Waals surface area (Å²) in [4.78, 5) is 11.4. The lowest BCUT2D eigenvalue weighted by molar-refractivity contribution is 0.141. The Morgan fingerprint density at radius 2 is 1.31 bits per heavy atom. The van der Waals surface area contributed by atoms with Gasteiger partial charge in [-0.05, 0) is 0 Å². The second-order valence-corrected chi connectivity index (χ2v) is 2.81. The molecular weight excluding hydrogens is 210 g/mol. The molecule has 0 spiro atoms. The van der Waals surface area contributed by atoms with Crippen LogP contribution in [-0.4, -0.2) is 29.2 Å². The van der Waals surface area contributed by atoms with Crippen LogP contribution in [0.25, 0.3) is 0 Å². The lowest BCUT2D eigenvalue weighted by atomic mass is 10.1. The van der Waals surface area contributed by atoms with E-state index in [2.05, 4.69) is 0 Å². The maximum absolute atomic E-state index is 10.7. The normalized spacial score (nSPS) is 8.62. The Labute approximate surface area is 91.9 Å². The van der Waals surface area contributed by atoms with Gasteiger partial charge in [0.05, 0.1) is 37.4 Å². The highest BCUT2D eigenvalue weighted by atomic mass is 16.4. The summed E-state index contributed by atoms with van der Waals surface area (Å²) < 4.78 is 0. The first-order valence-electron chi connectivity index (χ1n) is 4.15. The van der Waals surface area contributed by atoms with Gasteiger partial charge >= 0.3 is 6.09 Å². The quantitative estimate of drug-likeness (QED) is 0.718. The van der Waals surface area contributed by atoms with E-state index in [1.807, 2.05) is 0 Å². The summed E-state index contributed by atoms with van der Waals surface area (Å²) in [6.45, 7) is -0.662. The zero-order valence-corrected chi connectivity index (χ0v) is 8.16. The van der Waals surface area contributed by atoms with Gasteiger partial charge in [0.15, 0.2) is 11.8 Å². The number of nitrogens with zero attached hydrogens (tertiary/aromatic N) is 5. The van der Waals surface area contributed by atoms with Crippen LogP contribution in [0.1, 0.15) is 0 Å². The number of carboxylic acid groups (broad SMARTS) is 1. The Kier molecular flexibility index (Phi) is 5.50. The third kappa shape index (κ3) is 3.96. The molecule has 80 valence electrons. The SMILES string of the molecule is N#CC(C#N)CN(CC(C#N)C#N)C(=O)O. The molecule has 0 aliphatic rings. The minimum absolute atomic E-state index is 0.331. The summed E-state index contributed by atoms with van der Waals surface area (Å²) in [7, 11) is 0. The lowest BCUT2D eigenvalue weighted by Crippen LogP contribution is -2.37. The van der Waals surface area contributed by atoms with Crippen molar-refractivity contribution in [3.8, 4) is 24.3 Å². The molecule has 0 radical (unpaired) electrons. The van der Waals surface area contributed by atoms with Gasteiger partial charge in [0.2, 0.25) is 0 Å². The molecule has 0 aromatic carbocycles. The maximum atomic E-state index is 10.7. The molecule has 0 aliphatic heterocycles. The van der Waals surface area contributed by atoms with Gasteiger partial charge in [-0.25, -0.2) is 4.79 Å². The average Bonchev–Trinajstić information content (AvgIpc) is 2.29. The predicted octanol–water partition coefficient (Wildman–Crippen LogP) is 0.293. The molecule has 16 heavy (non-hydrogen) atoms. The van der Waals surface area contributed by atoms with E-state index in [0.29, 0.717) is 4.90 Å². The van der Waals surface area contributed by atoms with E-state index >= 15 is 0 Å². The fraction of sp³-hybridized carbons (Fsp3) is 0.444. The zero-order chi connectivity index (χ0) is 12.6. The van der Waals surface area contributed by atoms with E-state index in [4.69, 9.17) is 26.2 Å². The van der Waals surface area contributed by atoms with Crippen molar-refractivity contribution >= 4 is 6.09 Å². The molecule has 0 rings (SSSR count). The molecule has 0 aliphatic carbocycles. The molecule has 0 saturated carbocycles. The molecule has 1 amide bonds. The Morgan fingerprint density at radius 3 is 1.50 bits per heavy atom. The summed E-state index contributed by atoms with van der Waals surface area (Å²) in [5.41, 5.74) is 0. The fourth-order valence-electron chi connectivity index (χ4n) is 0.893. The monoisotopic (exact) mass is 217 g/mol. The van der Waals surface area contributed by atoms with Crippen molar-refractivity contribution in [3.05, 3.63) is 0 Å². The van der Waals surface area contributed by atoms with E-state index < -0.39 is 17.9 Å². The van der Waals surface area contributed by atoms with Crippen molar-refractivity contribution in [3.63, 3.8) is 0 Å². The number of carbonyl (C=O) groups is 1. The molecule has 0 atom stereocenters. The first-order valence-corrected chi connectivity index (χ1v) is 4.15. The van der Waals surface area contributed by atoms with Crippen LogP contribution in [0.4, 0.5) is 4.79 Å². The predicted molar refractivity (Wildman–Crippen MR) is 49.0 cm³/mol. The molecule has 0 bridgehead atoms.